The molecule has 0 radical (unpaired) electrons. The van der Waals surface area contributed by atoms with Crippen LogP contribution in [-0.2, 0) is 27.8 Å². The Morgan fingerprint density at radius 2 is 1.83 bits per heavy atom. The fourth-order valence-electron chi connectivity index (χ4n) is 3.62. The minimum absolute atomic E-state index is 0.00764. The van der Waals surface area contributed by atoms with Crippen molar-refractivity contribution in [3.8, 4) is 0 Å². The highest BCUT2D eigenvalue weighted by molar-refractivity contribution is 5.88. The minimum atomic E-state index is -0.170. The van der Waals surface area contributed by atoms with Crippen LogP contribution in [0.5, 0.6) is 0 Å². The topological polar surface area (TPSA) is 96.8 Å². The number of nitrogens with one attached hydrogen (secondary N) is 1. The Labute approximate surface area is 175 Å². The number of aryl methyl sites for hydroxylation is 1. The number of carbonyl (C=O) groups is 2. The second kappa shape index (κ2) is 10.3. The summed E-state index contributed by atoms with van der Waals surface area (Å²) < 4.78 is 6.25. The number of piperazine rings is 1. The molecular weight excluding hydrogens is 386 g/mol. The number of hydrogen-bond donors (Lipinski definition) is 1. The number of rotatable bonds is 8. The van der Waals surface area contributed by atoms with Crippen LogP contribution in [-0.4, -0.2) is 84.4 Å². The van der Waals surface area contributed by atoms with Crippen LogP contribution in [0.3, 0.4) is 0 Å². The van der Waals surface area contributed by atoms with Gasteiger partial charge in [0.05, 0.1) is 24.0 Å². The summed E-state index contributed by atoms with van der Waals surface area (Å²) in [5.41, 5.74) is 0.437. The van der Waals surface area contributed by atoms with Crippen molar-refractivity contribution in [3.05, 3.63) is 40.3 Å². The summed E-state index contributed by atoms with van der Waals surface area (Å²) in [6.45, 7) is 4.00. The second-order valence-electron chi connectivity index (χ2n) is 7.45. The SMILES string of the molecule is COCCCNC(=O)CN1CCN(C(=O)Cc2nn(C)c(=O)c3ccccc23)CC1. The molecule has 9 heteroatoms. The van der Waals surface area contributed by atoms with Gasteiger partial charge in [-0.15, -0.1) is 0 Å². The van der Waals surface area contributed by atoms with Crippen molar-refractivity contribution in [2.24, 2.45) is 7.05 Å². The number of methoxy groups -OCH3 is 1. The molecule has 30 heavy (non-hydrogen) atoms. The van der Waals surface area contributed by atoms with Gasteiger partial charge in [-0.3, -0.25) is 19.3 Å². The molecule has 2 amide bonds. The standard InChI is InChI=1S/C21H29N5O4/c1-24-21(29)17-7-4-3-6-16(17)18(23-24)14-20(28)26-11-9-25(10-12-26)15-19(27)22-8-5-13-30-2/h3-4,6-7H,5,8-15H2,1-2H3,(H,22,27). The third kappa shape index (κ3) is 5.43. The van der Waals surface area contributed by atoms with Crippen molar-refractivity contribution in [2.45, 2.75) is 12.8 Å². The van der Waals surface area contributed by atoms with Crippen LogP contribution < -0.4 is 10.9 Å². The zero-order valence-electron chi connectivity index (χ0n) is 17.6. The molecule has 0 unspecified atom stereocenters. The zero-order valence-corrected chi connectivity index (χ0v) is 17.6. The fraction of sp³-hybridized carbons (Fsp3) is 0.524. The van der Waals surface area contributed by atoms with E-state index < -0.39 is 0 Å². The van der Waals surface area contributed by atoms with Crippen molar-refractivity contribution in [1.82, 2.24) is 24.9 Å². The normalized spacial score (nSPS) is 14.8. The van der Waals surface area contributed by atoms with E-state index in [4.69, 9.17) is 4.74 Å². The molecular formula is C21H29N5O4. The average molecular weight is 415 g/mol. The number of fused-ring (bicyclic) bond motifs is 1. The Hall–Kier alpha value is -2.78. The molecule has 0 aliphatic carbocycles. The summed E-state index contributed by atoms with van der Waals surface area (Å²) in [6, 6.07) is 7.24. The molecule has 0 spiro atoms. The molecule has 1 aromatic carbocycles. The van der Waals surface area contributed by atoms with Crippen LogP contribution in [0.1, 0.15) is 12.1 Å². The molecule has 9 nitrogen and oxygen atoms in total. The lowest BCUT2D eigenvalue weighted by Crippen LogP contribution is -2.51. The third-order valence-electron chi connectivity index (χ3n) is 5.29. The van der Waals surface area contributed by atoms with Crippen molar-refractivity contribution in [3.63, 3.8) is 0 Å². The maximum Gasteiger partial charge on any atom is 0.274 e. The summed E-state index contributed by atoms with van der Waals surface area (Å²) in [7, 11) is 3.24. The quantitative estimate of drug-likeness (QED) is 0.599. The van der Waals surface area contributed by atoms with E-state index in [1.54, 1.807) is 25.1 Å². The van der Waals surface area contributed by atoms with E-state index in [0.29, 0.717) is 57.0 Å². The number of amides is 2. The highest BCUT2D eigenvalue weighted by atomic mass is 16.5. The van der Waals surface area contributed by atoms with Crippen LogP contribution in [0, 0.1) is 0 Å². The Kier molecular flexibility index (Phi) is 7.53. The maximum atomic E-state index is 12.8. The van der Waals surface area contributed by atoms with E-state index >= 15 is 0 Å². The fourth-order valence-corrected chi connectivity index (χ4v) is 3.62. The first-order chi connectivity index (χ1) is 14.5. The van der Waals surface area contributed by atoms with E-state index in [1.165, 1.54) is 4.68 Å². The Balaban J connectivity index is 1.53. The summed E-state index contributed by atoms with van der Waals surface area (Å²) in [5.74, 6) is -0.0262. The van der Waals surface area contributed by atoms with Crippen molar-refractivity contribution in [1.29, 1.82) is 0 Å². The molecule has 1 fully saturated rings. The lowest BCUT2D eigenvalue weighted by Gasteiger charge is -2.34. The van der Waals surface area contributed by atoms with Gasteiger partial charge >= 0.3 is 0 Å². The van der Waals surface area contributed by atoms with E-state index in [9.17, 15) is 14.4 Å². The molecule has 1 aromatic heterocycles. The monoisotopic (exact) mass is 415 g/mol. The molecule has 1 saturated heterocycles. The maximum absolute atomic E-state index is 12.8. The summed E-state index contributed by atoms with van der Waals surface area (Å²) in [5, 5.41) is 8.49. The van der Waals surface area contributed by atoms with Gasteiger partial charge in [0.15, 0.2) is 0 Å². The van der Waals surface area contributed by atoms with Crippen molar-refractivity contribution in [2.75, 3.05) is 53.0 Å². The number of ether oxygens (including phenoxy) is 1. The van der Waals surface area contributed by atoms with Gasteiger partial charge in [0.25, 0.3) is 5.56 Å². The second-order valence-corrected chi connectivity index (χ2v) is 7.45. The van der Waals surface area contributed by atoms with Gasteiger partial charge in [-0.05, 0) is 12.5 Å². The van der Waals surface area contributed by atoms with E-state index in [1.807, 2.05) is 18.2 Å². The summed E-state index contributed by atoms with van der Waals surface area (Å²) in [6.07, 6.45) is 0.937. The Bertz CT molecular complexity index is 950. The van der Waals surface area contributed by atoms with Gasteiger partial charge in [-0.2, -0.15) is 5.10 Å². The van der Waals surface area contributed by atoms with Gasteiger partial charge in [-0.25, -0.2) is 4.68 Å². The number of hydrogen-bond acceptors (Lipinski definition) is 6. The number of aromatic nitrogens is 2. The molecule has 162 valence electrons. The molecule has 0 bridgehead atoms. The van der Waals surface area contributed by atoms with E-state index in [0.717, 1.165) is 11.8 Å². The van der Waals surface area contributed by atoms with E-state index in [2.05, 4.69) is 15.3 Å². The first-order valence-corrected chi connectivity index (χ1v) is 10.2. The first kappa shape index (κ1) is 21.9. The highest BCUT2D eigenvalue weighted by Crippen LogP contribution is 2.15. The molecule has 2 heterocycles. The average Bonchev–Trinajstić information content (AvgIpc) is 2.75. The number of benzene rings is 1. The predicted octanol–water partition coefficient (Wildman–Crippen LogP) is -0.227. The molecule has 1 aliphatic rings. The van der Waals surface area contributed by atoms with Crippen LogP contribution in [0.25, 0.3) is 10.8 Å². The smallest absolute Gasteiger partial charge is 0.274 e. The summed E-state index contributed by atoms with van der Waals surface area (Å²) in [4.78, 5) is 40.9. The summed E-state index contributed by atoms with van der Waals surface area (Å²) >= 11 is 0. The van der Waals surface area contributed by atoms with Gasteiger partial charge in [0, 0.05) is 58.9 Å². The largest absolute Gasteiger partial charge is 0.385 e. The first-order valence-electron chi connectivity index (χ1n) is 10.2. The third-order valence-corrected chi connectivity index (χ3v) is 5.29. The van der Waals surface area contributed by atoms with Crippen molar-refractivity contribution < 1.29 is 14.3 Å². The lowest BCUT2D eigenvalue weighted by atomic mass is 10.1. The number of nitrogens with zero attached hydrogens (tertiary/aromatic N) is 4. The van der Waals surface area contributed by atoms with E-state index in [-0.39, 0.29) is 23.8 Å². The lowest BCUT2D eigenvalue weighted by molar-refractivity contribution is -0.132. The molecule has 1 aliphatic heterocycles. The minimum Gasteiger partial charge on any atom is -0.385 e. The van der Waals surface area contributed by atoms with Gasteiger partial charge in [0.2, 0.25) is 11.8 Å². The molecule has 0 saturated carbocycles. The Morgan fingerprint density at radius 3 is 2.53 bits per heavy atom. The predicted molar refractivity (Wildman–Crippen MR) is 113 cm³/mol. The van der Waals surface area contributed by atoms with Crippen LogP contribution in [0.2, 0.25) is 0 Å². The molecule has 2 aromatic rings. The van der Waals surface area contributed by atoms with Gasteiger partial charge in [-0.1, -0.05) is 18.2 Å². The van der Waals surface area contributed by atoms with Gasteiger partial charge < -0.3 is 15.0 Å². The molecule has 0 atom stereocenters. The molecule has 3 rings (SSSR count). The van der Waals surface area contributed by atoms with Crippen LogP contribution in [0.15, 0.2) is 29.1 Å². The van der Waals surface area contributed by atoms with Crippen LogP contribution in [0.4, 0.5) is 0 Å². The van der Waals surface area contributed by atoms with Gasteiger partial charge in [0.1, 0.15) is 0 Å². The Morgan fingerprint density at radius 1 is 1.13 bits per heavy atom. The number of carbonyl (C=O) groups excluding carboxylic acids is 2. The molecule has 1 N–H and O–H groups in total. The van der Waals surface area contributed by atoms with Crippen LogP contribution >= 0.6 is 0 Å². The highest BCUT2D eigenvalue weighted by Gasteiger charge is 2.23. The van der Waals surface area contributed by atoms with Crippen molar-refractivity contribution >= 4 is 22.6 Å². The zero-order chi connectivity index (χ0) is 21.5.